The van der Waals surface area contributed by atoms with Crippen molar-refractivity contribution < 1.29 is 14.3 Å². The summed E-state index contributed by atoms with van der Waals surface area (Å²) in [5.41, 5.74) is 2.70. The predicted molar refractivity (Wildman–Crippen MR) is 104 cm³/mol. The van der Waals surface area contributed by atoms with E-state index in [0.29, 0.717) is 12.1 Å². The third-order valence-electron chi connectivity index (χ3n) is 4.92. The van der Waals surface area contributed by atoms with Crippen molar-refractivity contribution in [1.82, 2.24) is 4.90 Å². The minimum absolute atomic E-state index is 0.213. The first kappa shape index (κ1) is 18.8. The summed E-state index contributed by atoms with van der Waals surface area (Å²) in [5.74, 6) is -1.18. The van der Waals surface area contributed by atoms with Crippen molar-refractivity contribution in [2.75, 3.05) is 19.6 Å². The van der Waals surface area contributed by atoms with Crippen LogP contribution in [0.4, 0.5) is 4.39 Å². The number of hydrogen-bond donors (Lipinski definition) is 1. The van der Waals surface area contributed by atoms with Crippen molar-refractivity contribution in [3.05, 3.63) is 63.6 Å². The lowest BCUT2D eigenvalue weighted by Crippen LogP contribution is -2.39. The van der Waals surface area contributed by atoms with Crippen LogP contribution in [0.5, 0.6) is 0 Å². The van der Waals surface area contributed by atoms with Gasteiger partial charge >= 0.3 is 5.97 Å². The topological polar surface area (TPSA) is 40.5 Å². The maximum atomic E-state index is 14.4. The molecule has 1 atom stereocenters. The molecule has 1 aromatic heterocycles. The molecule has 1 fully saturated rings. The van der Waals surface area contributed by atoms with Gasteiger partial charge in [0.25, 0.3) is 0 Å². The van der Waals surface area contributed by atoms with E-state index in [1.54, 1.807) is 17.4 Å². The van der Waals surface area contributed by atoms with Gasteiger partial charge in [-0.25, -0.2) is 4.39 Å². The zero-order valence-corrected chi connectivity index (χ0v) is 15.8. The Bertz CT molecular complexity index is 799. The first-order valence-corrected chi connectivity index (χ1v) is 9.89. The van der Waals surface area contributed by atoms with Crippen LogP contribution in [0.15, 0.2) is 41.8 Å². The molecule has 1 N–H and O–H groups in total. The summed E-state index contributed by atoms with van der Waals surface area (Å²) in [4.78, 5) is 14.5. The molecule has 0 radical (unpaired) electrons. The molecule has 0 aliphatic carbocycles. The maximum Gasteiger partial charge on any atom is 0.307 e. The standard InChI is InChI=1S/C21H24FNO2S/c1-15-10-13-26-20(15)18(17-7-2-3-9-19(17)22)8-5-12-23-11-4-6-16(14-23)21(24)25/h2-3,7-10,13,16H,4-6,11-12,14H2,1H3,(H,24,25)/b18-8-. The molecule has 3 nitrogen and oxygen atoms in total. The van der Waals surface area contributed by atoms with Crippen LogP contribution < -0.4 is 0 Å². The molecule has 1 saturated heterocycles. The molecule has 1 aliphatic heterocycles. The molecule has 0 bridgehead atoms. The number of nitrogens with zero attached hydrogens (tertiary/aromatic N) is 1. The summed E-state index contributed by atoms with van der Waals surface area (Å²) < 4.78 is 14.4. The van der Waals surface area contributed by atoms with Gasteiger partial charge in [0.2, 0.25) is 0 Å². The maximum absolute atomic E-state index is 14.4. The van der Waals surface area contributed by atoms with Gasteiger partial charge < -0.3 is 10.0 Å². The monoisotopic (exact) mass is 373 g/mol. The van der Waals surface area contributed by atoms with Crippen LogP contribution >= 0.6 is 11.3 Å². The normalized spacial score (nSPS) is 18.8. The van der Waals surface area contributed by atoms with E-state index in [1.165, 1.54) is 6.07 Å². The fraction of sp³-hybridized carbons (Fsp3) is 0.381. The van der Waals surface area contributed by atoms with E-state index in [-0.39, 0.29) is 11.7 Å². The Hall–Kier alpha value is -1.98. The zero-order valence-electron chi connectivity index (χ0n) is 15.0. The number of halogens is 1. The third kappa shape index (κ3) is 4.40. The Balaban J connectivity index is 1.77. The van der Waals surface area contributed by atoms with Crippen molar-refractivity contribution in [3.63, 3.8) is 0 Å². The summed E-state index contributed by atoms with van der Waals surface area (Å²) >= 11 is 1.63. The highest BCUT2D eigenvalue weighted by Gasteiger charge is 2.24. The summed E-state index contributed by atoms with van der Waals surface area (Å²) in [7, 11) is 0. The SMILES string of the molecule is Cc1ccsc1/C(=C\CCN1CCCC(C(=O)O)C1)c1ccccc1F. The molecule has 0 saturated carbocycles. The average Bonchev–Trinajstić information content (AvgIpc) is 3.06. The van der Waals surface area contributed by atoms with E-state index >= 15 is 0 Å². The van der Waals surface area contributed by atoms with Crippen LogP contribution in [0.3, 0.4) is 0 Å². The van der Waals surface area contributed by atoms with E-state index in [1.807, 2.05) is 24.4 Å². The first-order valence-electron chi connectivity index (χ1n) is 9.01. The number of hydrogen-bond acceptors (Lipinski definition) is 3. The lowest BCUT2D eigenvalue weighted by molar-refractivity contribution is -0.143. The van der Waals surface area contributed by atoms with Gasteiger partial charge in [-0.1, -0.05) is 24.3 Å². The molecule has 2 heterocycles. The highest BCUT2D eigenvalue weighted by molar-refractivity contribution is 7.11. The van der Waals surface area contributed by atoms with Crippen LogP contribution in [0, 0.1) is 18.7 Å². The molecule has 26 heavy (non-hydrogen) atoms. The minimum atomic E-state index is -0.702. The van der Waals surface area contributed by atoms with Crippen LogP contribution in [-0.4, -0.2) is 35.6 Å². The highest BCUT2D eigenvalue weighted by Crippen LogP contribution is 2.32. The smallest absolute Gasteiger partial charge is 0.307 e. The largest absolute Gasteiger partial charge is 0.481 e. The number of carboxylic acids is 1. The molecule has 0 amide bonds. The number of piperidine rings is 1. The van der Waals surface area contributed by atoms with Gasteiger partial charge in [-0.3, -0.25) is 4.79 Å². The van der Waals surface area contributed by atoms with Gasteiger partial charge in [0.05, 0.1) is 5.92 Å². The van der Waals surface area contributed by atoms with E-state index < -0.39 is 5.97 Å². The van der Waals surface area contributed by atoms with Gasteiger partial charge in [-0.05, 0) is 61.4 Å². The van der Waals surface area contributed by atoms with Gasteiger partial charge in [0.15, 0.2) is 0 Å². The molecule has 138 valence electrons. The Morgan fingerprint density at radius 2 is 2.19 bits per heavy atom. The zero-order chi connectivity index (χ0) is 18.5. The van der Waals surface area contributed by atoms with Gasteiger partial charge in [0, 0.05) is 23.5 Å². The summed E-state index contributed by atoms with van der Waals surface area (Å²) in [6, 6.07) is 8.93. The Morgan fingerprint density at radius 3 is 2.88 bits per heavy atom. The number of rotatable bonds is 6. The predicted octanol–water partition coefficient (Wildman–Crippen LogP) is 4.81. The van der Waals surface area contributed by atoms with E-state index in [2.05, 4.69) is 17.0 Å². The second kappa shape index (κ2) is 8.60. The fourth-order valence-corrected chi connectivity index (χ4v) is 4.49. The summed E-state index contributed by atoms with van der Waals surface area (Å²) in [6.07, 6.45) is 4.55. The van der Waals surface area contributed by atoms with Crippen molar-refractivity contribution in [3.8, 4) is 0 Å². The molecular formula is C21H24FNO2S. The fourth-order valence-electron chi connectivity index (χ4n) is 3.50. The third-order valence-corrected chi connectivity index (χ3v) is 5.97. The Kier molecular flexibility index (Phi) is 6.22. The highest BCUT2D eigenvalue weighted by atomic mass is 32.1. The average molecular weight is 373 g/mol. The quantitative estimate of drug-likeness (QED) is 0.790. The number of likely N-dealkylation sites (tertiary alicyclic amines) is 1. The van der Waals surface area contributed by atoms with Gasteiger partial charge in [0.1, 0.15) is 5.82 Å². The molecule has 0 spiro atoms. The van der Waals surface area contributed by atoms with Crippen molar-refractivity contribution in [2.24, 2.45) is 5.92 Å². The molecule has 1 aliphatic rings. The second-order valence-electron chi connectivity index (χ2n) is 6.80. The van der Waals surface area contributed by atoms with Crippen molar-refractivity contribution >= 4 is 22.9 Å². The Morgan fingerprint density at radius 1 is 1.38 bits per heavy atom. The number of benzene rings is 1. The molecule has 1 aromatic carbocycles. The number of aryl methyl sites for hydroxylation is 1. The number of carboxylic acid groups (broad SMARTS) is 1. The van der Waals surface area contributed by atoms with Crippen LogP contribution in [0.25, 0.3) is 5.57 Å². The van der Waals surface area contributed by atoms with Gasteiger partial charge in [-0.2, -0.15) is 0 Å². The summed E-state index contributed by atoms with van der Waals surface area (Å²) in [5, 5.41) is 11.3. The summed E-state index contributed by atoms with van der Waals surface area (Å²) in [6.45, 7) is 4.38. The van der Waals surface area contributed by atoms with Crippen LogP contribution in [-0.2, 0) is 4.79 Å². The molecular weight excluding hydrogens is 349 g/mol. The first-order chi connectivity index (χ1) is 12.6. The molecule has 1 unspecified atom stereocenters. The minimum Gasteiger partial charge on any atom is -0.481 e. The van der Waals surface area contributed by atoms with E-state index in [4.69, 9.17) is 0 Å². The van der Waals surface area contributed by atoms with E-state index in [0.717, 1.165) is 48.4 Å². The van der Waals surface area contributed by atoms with Crippen LogP contribution in [0.1, 0.15) is 35.3 Å². The second-order valence-corrected chi connectivity index (χ2v) is 7.71. The lowest BCUT2D eigenvalue weighted by atomic mass is 9.97. The number of aliphatic carboxylic acids is 1. The molecule has 5 heteroatoms. The van der Waals surface area contributed by atoms with Crippen LogP contribution in [0.2, 0.25) is 0 Å². The number of carbonyl (C=O) groups is 1. The molecule has 3 rings (SSSR count). The van der Waals surface area contributed by atoms with Gasteiger partial charge in [-0.15, -0.1) is 11.3 Å². The van der Waals surface area contributed by atoms with E-state index in [9.17, 15) is 14.3 Å². The molecule has 2 aromatic rings. The lowest BCUT2D eigenvalue weighted by Gasteiger charge is -2.30. The number of thiophene rings is 1. The van der Waals surface area contributed by atoms with Crippen molar-refractivity contribution in [2.45, 2.75) is 26.2 Å². The Labute approximate surface area is 157 Å². The van der Waals surface area contributed by atoms with Crippen molar-refractivity contribution in [1.29, 1.82) is 0 Å².